The summed E-state index contributed by atoms with van der Waals surface area (Å²) in [6.45, 7) is 0. The van der Waals surface area contributed by atoms with Crippen LogP contribution in [0.3, 0.4) is 0 Å². The summed E-state index contributed by atoms with van der Waals surface area (Å²) in [5.41, 5.74) is 3.34. The molecule has 2 aliphatic rings. The minimum absolute atomic E-state index is 0.163. The smallest absolute Gasteiger partial charge is 0.357 e. The molecule has 100 valence electrons. The first-order valence-corrected chi connectivity index (χ1v) is 5.53. The normalized spacial score (nSPS) is 20.5. The number of rotatable bonds is 2. The minimum atomic E-state index is -0.566. The van der Waals surface area contributed by atoms with Gasteiger partial charge in [0, 0.05) is 6.20 Å². The van der Waals surface area contributed by atoms with Gasteiger partial charge in [0.25, 0.3) is 0 Å². The predicted octanol–water partition coefficient (Wildman–Crippen LogP) is -0.208. The molecule has 2 heterocycles. The van der Waals surface area contributed by atoms with Crippen LogP contribution in [0.5, 0.6) is 0 Å². The number of esters is 2. The topological polar surface area (TPSA) is 89.0 Å². The number of allylic oxidation sites excluding steroid dienone is 3. The maximum absolute atomic E-state index is 11.7. The molecule has 2 aliphatic heterocycles. The Morgan fingerprint density at radius 2 is 1.95 bits per heavy atom. The van der Waals surface area contributed by atoms with E-state index in [0.29, 0.717) is 5.70 Å². The number of nitrogens with one attached hydrogen (secondary N) is 2. The first-order chi connectivity index (χ1) is 9.19. The lowest BCUT2D eigenvalue weighted by molar-refractivity contribution is -0.137. The van der Waals surface area contributed by atoms with Crippen molar-refractivity contribution in [3.05, 3.63) is 35.8 Å². The summed E-state index contributed by atoms with van der Waals surface area (Å²) in [5, 5.41) is 6.83. The van der Waals surface area contributed by atoms with Crippen LogP contribution in [0.1, 0.15) is 0 Å². The van der Waals surface area contributed by atoms with Crippen LogP contribution in [-0.2, 0) is 19.1 Å². The second-order valence-corrected chi connectivity index (χ2v) is 3.75. The highest BCUT2D eigenvalue weighted by atomic mass is 16.5. The van der Waals surface area contributed by atoms with Crippen molar-refractivity contribution in [2.45, 2.75) is 0 Å². The van der Waals surface area contributed by atoms with E-state index in [0.717, 1.165) is 0 Å². The van der Waals surface area contributed by atoms with Gasteiger partial charge >= 0.3 is 11.9 Å². The Bertz CT molecular complexity index is 531. The van der Waals surface area contributed by atoms with Gasteiger partial charge in [-0.2, -0.15) is 5.10 Å². The second kappa shape index (κ2) is 5.38. The van der Waals surface area contributed by atoms with Gasteiger partial charge in [-0.1, -0.05) is 12.2 Å². The number of ether oxygens (including phenoxy) is 2. The fourth-order valence-electron chi connectivity index (χ4n) is 1.79. The second-order valence-electron chi connectivity index (χ2n) is 3.75. The zero-order chi connectivity index (χ0) is 13.8. The molecule has 0 aromatic carbocycles. The van der Waals surface area contributed by atoms with Crippen LogP contribution >= 0.6 is 0 Å². The van der Waals surface area contributed by atoms with Crippen LogP contribution in [0.15, 0.2) is 40.9 Å². The first kappa shape index (κ1) is 12.9. The Morgan fingerprint density at radius 1 is 1.21 bits per heavy atom. The molecular formula is C12H13N3O4. The van der Waals surface area contributed by atoms with Crippen molar-refractivity contribution < 1.29 is 19.1 Å². The molecule has 19 heavy (non-hydrogen) atoms. The maximum Gasteiger partial charge on any atom is 0.357 e. The number of carbonyl (C=O) groups is 2. The highest BCUT2D eigenvalue weighted by molar-refractivity contribution is 6.38. The third-order valence-corrected chi connectivity index (χ3v) is 2.70. The molecule has 0 aromatic rings. The lowest BCUT2D eigenvalue weighted by Crippen LogP contribution is -2.39. The maximum atomic E-state index is 11.7. The molecule has 0 bridgehead atoms. The molecule has 0 spiro atoms. The van der Waals surface area contributed by atoms with E-state index in [-0.39, 0.29) is 11.4 Å². The van der Waals surface area contributed by atoms with Gasteiger partial charge in [0.2, 0.25) is 0 Å². The van der Waals surface area contributed by atoms with Gasteiger partial charge in [-0.15, -0.1) is 0 Å². The summed E-state index contributed by atoms with van der Waals surface area (Å²) in [6, 6.07) is 0. The summed E-state index contributed by atoms with van der Waals surface area (Å²) < 4.78 is 9.34. The number of hydrogen-bond acceptors (Lipinski definition) is 7. The van der Waals surface area contributed by atoms with Crippen molar-refractivity contribution in [2.75, 3.05) is 14.2 Å². The van der Waals surface area contributed by atoms with Crippen LogP contribution in [0, 0.1) is 5.92 Å². The Labute approximate surface area is 109 Å². The molecule has 2 rings (SSSR count). The number of carbonyl (C=O) groups excluding carboxylic acids is 2. The van der Waals surface area contributed by atoms with Crippen LogP contribution in [0.4, 0.5) is 0 Å². The van der Waals surface area contributed by atoms with E-state index < -0.39 is 17.9 Å². The quantitative estimate of drug-likeness (QED) is 0.670. The molecule has 0 amide bonds. The zero-order valence-electron chi connectivity index (χ0n) is 10.5. The SMILES string of the molecule is COC(=O)C1=NNC(C(=O)OC)=C2NC=CC=CC12. The lowest BCUT2D eigenvalue weighted by Gasteiger charge is -2.24. The van der Waals surface area contributed by atoms with Crippen molar-refractivity contribution in [3.8, 4) is 0 Å². The van der Waals surface area contributed by atoms with Crippen LogP contribution in [-0.4, -0.2) is 31.9 Å². The Balaban J connectivity index is 2.44. The number of hydrogen-bond donors (Lipinski definition) is 2. The molecule has 0 radical (unpaired) electrons. The highest BCUT2D eigenvalue weighted by Crippen LogP contribution is 2.22. The van der Waals surface area contributed by atoms with Gasteiger partial charge in [-0.05, 0) is 6.08 Å². The summed E-state index contributed by atoms with van der Waals surface area (Å²) in [5.74, 6) is -1.62. The third-order valence-electron chi connectivity index (χ3n) is 2.70. The molecule has 0 saturated heterocycles. The van der Waals surface area contributed by atoms with Crippen molar-refractivity contribution >= 4 is 17.7 Å². The van der Waals surface area contributed by atoms with E-state index >= 15 is 0 Å². The fourth-order valence-corrected chi connectivity index (χ4v) is 1.79. The van der Waals surface area contributed by atoms with Crippen LogP contribution in [0.2, 0.25) is 0 Å². The molecular weight excluding hydrogens is 250 g/mol. The van der Waals surface area contributed by atoms with Gasteiger partial charge in [-0.3, -0.25) is 5.43 Å². The lowest BCUT2D eigenvalue weighted by atomic mass is 9.96. The third kappa shape index (κ3) is 2.35. The Hall–Kier alpha value is -2.57. The number of hydrazone groups is 1. The van der Waals surface area contributed by atoms with Crippen LogP contribution in [0.25, 0.3) is 0 Å². The van der Waals surface area contributed by atoms with Crippen molar-refractivity contribution in [1.82, 2.24) is 10.7 Å². The molecule has 1 unspecified atom stereocenters. The molecule has 7 nitrogen and oxygen atoms in total. The summed E-state index contributed by atoms with van der Waals surface area (Å²) >= 11 is 0. The standard InChI is InChI=1S/C12H13N3O4/c1-18-11(16)9-7-5-3-4-6-13-8(7)10(15-14-9)12(17)19-2/h3-7,13,15H,1-2H3. The first-order valence-electron chi connectivity index (χ1n) is 5.53. The molecule has 1 atom stereocenters. The molecule has 7 heteroatoms. The minimum Gasteiger partial charge on any atom is -0.464 e. The van der Waals surface area contributed by atoms with Gasteiger partial charge in [-0.25, -0.2) is 9.59 Å². The highest BCUT2D eigenvalue weighted by Gasteiger charge is 2.33. The van der Waals surface area contributed by atoms with E-state index in [4.69, 9.17) is 0 Å². The number of nitrogens with zero attached hydrogens (tertiary/aromatic N) is 1. The molecule has 2 N–H and O–H groups in total. The Morgan fingerprint density at radius 3 is 2.63 bits per heavy atom. The monoisotopic (exact) mass is 263 g/mol. The van der Waals surface area contributed by atoms with E-state index in [1.54, 1.807) is 24.4 Å². The molecule has 0 saturated carbocycles. The van der Waals surface area contributed by atoms with Crippen molar-refractivity contribution in [2.24, 2.45) is 11.0 Å². The summed E-state index contributed by atoms with van der Waals surface area (Å²) in [4.78, 5) is 23.3. The number of fused-ring (bicyclic) bond motifs is 1. The average Bonchev–Trinajstić information content (AvgIpc) is 2.70. The Kier molecular flexibility index (Phi) is 3.65. The summed E-state index contributed by atoms with van der Waals surface area (Å²) in [7, 11) is 2.55. The van der Waals surface area contributed by atoms with E-state index in [1.165, 1.54) is 14.2 Å². The average molecular weight is 263 g/mol. The van der Waals surface area contributed by atoms with Gasteiger partial charge < -0.3 is 14.8 Å². The zero-order valence-corrected chi connectivity index (χ0v) is 10.5. The van der Waals surface area contributed by atoms with Crippen LogP contribution < -0.4 is 10.7 Å². The van der Waals surface area contributed by atoms with Gasteiger partial charge in [0.05, 0.1) is 25.8 Å². The summed E-state index contributed by atoms with van der Waals surface area (Å²) in [6.07, 6.45) is 6.89. The molecule has 0 aromatic heterocycles. The van der Waals surface area contributed by atoms with Crippen molar-refractivity contribution in [1.29, 1.82) is 0 Å². The van der Waals surface area contributed by atoms with Gasteiger partial charge in [0.15, 0.2) is 11.4 Å². The fraction of sp³-hybridized carbons (Fsp3) is 0.250. The van der Waals surface area contributed by atoms with Crippen molar-refractivity contribution in [3.63, 3.8) is 0 Å². The largest absolute Gasteiger partial charge is 0.464 e. The van der Waals surface area contributed by atoms with E-state index in [2.05, 4.69) is 25.3 Å². The molecule has 0 fully saturated rings. The van der Waals surface area contributed by atoms with E-state index in [1.807, 2.05) is 0 Å². The predicted molar refractivity (Wildman–Crippen MR) is 66.5 cm³/mol. The molecule has 0 aliphatic carbocycles. The van der Waals surface area contributed by atoms with E-state index in [9.17, 15) is 9.59 Å². The van der Waals surface area contributed by atoms with Gasteiger partial charge in [0.1, 0.15) is 0 Å². The number of methoxy groups -OCH3 is 2.